The molecule has 1 fully saturated rings. The van der Waals surface area contributed by atoms with Crippen LogP contribution in [0, 0.1) is 11.8 Å². The van der Waals surface area contributed by atoms with Gasteiger partial charge in [-0.05, 0) is 54.6 Å². The quantitative estimate of drug-likeness (QED) is 0.702. The van der Waals surface area contributed by atoms with Gasteiger partial charge in [0, 0.05) is 4.90 Å². The van der Waals surface area contributed by atoms with E-state index in [-0.39, 0.29) is 0 Å². The molecule has 0 aromatic heterocycles. The second-order valence-corrected chi connectivity index (χ2v) is 5.78. The van der Waals surface area contributed by atoms with Crippen molar-refractivity contribution in [3.63, 3.8) is 0 Å². The summed E-state index contributed by atoms with van der Waals surface area (Å²) in [6.45, 7) is 0. The van der Waals surface area contributed by atoms with E-state index in [9.17, 15) is 0 Å². The molecular weight excluding hydrogens is 200 g/mol. The summed E-state index contributed by atoms with van der Waals surface area (Å²) >= 11 is 1.98. The topological polar surface area (TPSA) is 0 Å². The number of hydrogen-bond acceptors (Lipinski definition) is 1. The van der Waals surface area contributed by atoms with Crippen LogP contribution >= 0.6 is 11.8 Å². The van der Waals surface area contributed by atoms with E-state index in [2.05, 4.69) is 36.4 Å². The van der Waals surface area contributed by atoms with E-state index in [0.29, 0.717) is 0 Å². The summed E-state index contributed by atoms with van der Waals surface area (Å²) in [6, 6.07) is 10.8. The Morgan fingerprint density at radius 1 is 1.07 bits per heavy atom. The average molecular weight is 216 g/mol. The molecule has 0 aliphatic heterocycles. The number of benzene rings is 1. The highest BCUT2D eigenvalue weighted by Crippen LogP contribution is 2.47. The molecule has 0 heterocycles. The Kier molecular flexibility index (Phi) is 2.57. The highest BCUT2D eigenvalue weighted by molar-refractivity contribution is 8.03. The Bertz CT molecular complexity index is 366. The maximum Gasteiger partial charge on any atom is 0.0119 e. The van der Waals surface area contributed by atoms with E-state index in [1.807, 2.05) is 11.8 Å². The van der Waals surface area contributed by atoms with Gasteiger partial charge >= 0.3 is 0 Å². The standard InChI is InChI=1S/C14H16S/c1-2-4-13(5-3-1)15-14-9-7-11-6-8-12(14)10-11/h1-5,9,11-12H,6-8,10H2. The monoisotopic (exact) mass is 216 g/mol. The van der Waals surface area contributed by atoms with E-state index in [4.69, 9.17) is 0 Å². The third kappa shape index (κ3) is 1.98. The van der Waals surface area contributed by atoms with Gasteiger partial charge in [0.1, 0.15) is 0 Å². The third-order valence-corrected chi connectivity index (χ3v) is 4.82. The predicted molar refractivity (Wildman–Crippen MR) is 65.8 cm³/mol. The van der Waals surface area contributed by atoms with E-state index >= 15 is 0 Å². The first kappa shape index (κ1) is 9.53. The van der Waals surface area contributed by atoms with Crippen molar-refractivity contribution in [2.75, 3.05) is 0 Å². The van der Waals surface area contributed by atoms with Gasteiger partial charge < -0.3 is 0 Å². The molecule has 2 aliphatic rings. The van der Waals surface area contributed by atoms with Crippen molar-refractivity contribution < 1.29 is 0 Å². The Morgan fingerprint density at radius 3 is 2.80 bits per heavy atom. The van der Waals surface area contributed by atoms with Crippen LogP contribution in [0.4, 0.5) is 0 Å². The van der Waals surface area contributed by atoms with E-state index in [1.165, 1.54) is 30.6 Å². The summed E-state index contributed by atoms with van der Waals surface area (Å²) < 4.78 is 0. The normalized spacial score (nSPS) is 28.9. The molecule has 15 heavy (non-hydrogen) atoms. The largest absolute Gasteiger partial charge is 0.0946 e. The molecule has 2 atom stereocenters. The Labute approximate surface area is 95.8 Å². The van der Waals surface area contributed by atoms with Crippen molar-refractivity contribution in [3.05, 3.63) is 41.3 Å². The zero-order valence-corrected chi connectivity index (χ0v) is 9.67. The summed E-state index contributed by atoms with van der Waals surface area (Å²) in [5, 5.41) is 0. The average Bonchev–Trinajstić information content (AvgIpc) is 2.67. The molecule has 78 valence electrons. The maximum atomic E-state index is 2.49. The van der Waals surface area contributed by atoms with Crippen molar-refractivity contribution >= 4 is 11.8 Å². The molecule has 0 saturated heterocycles. The molecule has 0 radical (unpaired) electrons. The molecule has 0 N–H and O–H groups in total. The lowest BCUT2D eigenvalue weighted by atomic mass is 9.95. The first-order valence-corrected chi connectivity index (χ1v) is 6.66. The predicted octanol–water partition coefficient (Wildman–Crippen LogP) is 4.48. The van der Waals surface area contributed by atoms with Gasteiger partial charge in [0.2, 0.25) is 0 Å². The SMILES string of the molecule is C1=C(Sc2ccccc2)C2CCC(C1)C2. The van der Waals surface area contributed by atoms with Crippen molar-refractivity contribution in [2.24, 2.45) is 11.8 Å². The number of fused-ring (bicyclic) bond motifs is 2. The molecule has 3 rings (SSSR count). The second-order valence-electron chi connectivity index (χ2n) is 4.63. The van der Waals surface area contributed by atoms with Crippen molar-refractivity contribution in [1.29, 1.82) is 0 Å². The van der Waals surface area contributed by atoms with Crippen LogP contribution in [0.15, 0.2) is 46.2 Å². The minimum atomic E-state index is 0.883. The number of allylic oxidation sites excluding steroid dienone is 2. The Hall–Kier alpha value is -0.690. The molecule has 2 unspecified atom stereocenters. The van der Waals surface area contributed by atoms with Crippen LogP contribution in [0.5, 0.6) is 0 Å². The Balaban J connectivity index is 1.76. The smallest absolute Gasteiger partial charge is 0.0119 e. The van der Waals surface area contributed by atoms with Gasteiger partial charge in [-0.25, -0.2) is 0 Å². The summed E-state index contributed by atoms with van der Waals surface area (Å²) in [7, 11) is 0. The number of thioether (sulfide) groups is 1. The van der Waals surface area contributed by atoms with Gasteiger partial charge in [0.15, 0.2) is 0 Å². The minimum Gasteiger partial charge on any atom is -0.0946 e. The zero-order valence-electron chi connectivity index (χ0n) is 8.86. The van der Waals surface area contributed by atoms with Gasteiger partial charge in [0.05, 0.1) is 0 Å². The Morgan fingerprint density at radius 2 is 1.93 bits per heavy atom. The lowest BCUT2D eigenvalue weighted by Crippen LogP contribution is -2.03. The third-order valence-electron chi connectivity index (χ3n) is 3.57. The fourth-order valence-corrected chi connectivity index (χ4v) is 3.87. The van der Waals surface area contributed by atoms with E-state index < -0.39 is 0 Å². The molecule has 1 aromatic carbocycles. The number of hydrogen-bond donors (Lipinski definition) is 0. The zero-order chi connectivity index (χ0) is 10.1. The van der Waals surface area contributed by atoms with Crippen molar-refractivity contribution in [2.45, 2.75) is 30.6 Å². The summed E-state index contributed by atoms with van der Waals surface area (Å²) in [4.78, 5) is 3.03. The van der Waals surface area contributed by atoms with Crippen LogP contribution in [0.25, 0.3) is 0 Å². The van der Waals surface area contributed by atoms with Crippen LogP contribution in [-0.4, -0.2) is 0 Å². The van der Waals surface area contributed by atoms with Crippen LogP contribution in [0.3, 0.4) is 0 Å². The first-order valence-electron chi connectivity index (χ1n) is 5.85. The van der Waals surface area contributed by atoms with Crippen LogP contribution in [0.2, 0.25) is 0 Å². The molecule has 1 saturated carbocycles. The van der Waals surface area contributed by atoms with Crippen molar-refractivity contribution in [3.8, 4) is 0 Å². The van der Waals surface area contributed by atoms with Crippen molar-refractivity contribution in [1.82, 2.24) is 0 Å². The van der Waals surface area contributed by atoms with Gasteiger partial charge in [-0.3, -0.25) is 0 Å². The van der Waals surface area contributed by atoms with Gasteiger partial charge in [-0.1, -0.05) is 36.0 Å². The molecule has 1 aromatic rings. The molecule has 0 spiro atoms. The van der Waals surface area contributed by atoms with Crippen LogP contribution < -0.4 is 0 Å². The lowest BCUT2D eigenvalue weighted by Gasteiger charge is -2.19. The highest BCUT2D eigenvalue weighted by atomic mass is 32.2. The van der Waals surface area contributed by atoms with Crippen LogP contribution in [-0.2, 0) is 0 Å². The molecular formula is C14H16S. The fourth-order valence-electron chi connectivity index (χ4n) is 2.75. The molecule has 0 amide bonds. The van der Waals surface area contributed by atoms with Gasteiger partial charge in [0.25, 0.3) is 0 Å². The fraction of sp³-hybridized carbons (Fsp3) is 0.429. The van der Waals surface area contributed by atoms with Gasteiger partial charge in [-0.15, -0.1) is 0 Å². The summed E-state index contributed by atoms with van der Waals surface area (Å²) in [5.74, 6) is 1.89. The van der Waals surface area contributed by atoms with E-state index in [0.717, 1.165) is 11.8 Å². The first-order chi connectivity index (χ1) is 7.42. The molecule has 2 aliphatic carbocycles. The highest BCUT2D eigenvalue weighted by Gasteiger charge is 2.30. The minimum absolute atomic E-state index is 0.883. The maximum absolute atomic E-state index is 2.49. The van der Waals surface area contributed by atoms with E-state index in [1.54, 1.807) is 4.91 Å². The second kappa shape index (κ2) is 4.05. The molecule has 2 bridgehead atoms. The lowest BCUT2D eigenvalue weighted by molar-refractivity contribution is 0.515. The summed E-state index contributed by atoms with van der Waals surface area (Å²) in [6.07, 6.45) is 8.15. The molecule has 0 nitrogen and oxygen atoms in total. The van der Waals surface area contributed by atoms with Crippen LogP contribution in [0.1, 0.15) is 25.7 Å². The van der Waals surface area contributed by atoms with Gasteiger partial charge in [-0.2, -0.15) is 0 Å². The molecule has 1 heteroatoms. The summed E-state index contributed by atoms with van der Waals surface area (Å²) in [5.41, 5.74) is 0. The number of rotatable bonds is 2.